The lowest BCUT2D eigenvalue weighted by atomic mass is 10.0. The molecule has 4 aromatic carbocycles. The van der Waals surface area contributed by atoms with Gasteiger partial charge in [0.2, 0.25) is 21.8 Å². The van der Waals surface area contributed by atoms with Crippen LogP contribution in [0, 0.1) is 5.82 Å². The molecule has 0 spiro atoms. The lowest BCUT2D eigenvalue weighted by molar-refractivity contribution is -0.141. The van der Waals surface area contributed by atoms with E-state index >= 15 is 0 Å². The fourth-order valence-electron chi connectivity index (χ4n) is 4.75. The Morgan fingerprint density at radius 1 is 0.818 bits per heavy atom. The van der Waals surface area contributed by atoms with Crippen LogP contribution in [0.25, 0.3) is 0 Å². The van der Waals surface area contributed by atoms with Crippen molar-refractivity contribution in [3.05, 3.63) is 136 Å². The van der Waals surface area contributed by atoms with Gasteiger partial charge in [0.1, 0.15) is 11.9 Å². The number of nitrogens with one attached hydrogen (secondary N) is 2. The zero-order valence-electron chi connectivity index (χ0n) is 24.4. The van der Waals surface area contributed by atoms with Crippen molar-refractivity contribution < 1.29 is 22.4 Å². The lowest BCUT2D eigenvalue weighted by Gasteiger charge is -2.32. The van der Waals surface area contributed by atoms with E-state index in [2.05, 4.69) is 10.0 Å². The van der Waals surface area contributed by atoms with E-state index in [4.69, 9.17) is 11.6 Å². The fraction of sp³-hybridized carbons (Fsp3) is 0.235. The molecular weight excluding hydrogens is 601 g/mol. The Bertz CT molecular complexity index is 1630. The van der Waals surface area contributed by atoms with Gasteiger partial charge in [-0.1, -0.05) is 85.3 Å². The second-order valence-corrected chi connectivity index (χ2v) is 12.5. The first kappa shape index (κ1) is 32.9. The predicted octanol–water partition coefficient (Wildman–Crippen LogP) is 5.67. The molecule has 0 saturated heterocycles. The minimum atomic E-state index is -3.59. The molecule has 1 atom stereocenters. The van der Waals surface area contributed by atoms with E-state index < -0.39 is 21.9 Å². The molecule has 0 aliphatic carbocycles. The number of halogens is 2. The number of aryl methyl sites for hydroxylation is 1. The Hall–Kier alpha value is -4.05. The summed E-state index contributed by atoms with van der Waals surface area (Å²) in [6.45, 7) is 2.34. The summed E-state index contributed by atoms with van der Waals surface area (Å²) in [5.74, 6) is -0.980. The topological polar surface area (TPSA) is 95.6 Å². The molecule has 0 radical (unpaired) electrons. The average Bonchev–Trinajstić information content (AvgIpc) is 3.02. The van der Waals surface area contributed by atoms with Crippen LogP contribution in [-0.4, -0.2) is 37.7 Å². The second-order valence-electron chi connectivity index (χ2n) is 10.3. The number of rotatable bonds is 14. The van der Waals surface area contributed by atoms with Gasteiger partial charge in [-0.3, -0.25) is 9.59 Å². The van der Waals surface area contributed by atoms with Crippen LogP contribution < -0.4 is 10.0 Å². The number of hydrogen-bond donors (Lipinski definition) is 2. The quantitative estimate of drug-likeness (QED) is 0.187. The van der Waals surface area contributed by atoms with Crippen molar-refractivity contribution in [3.8, 4) is 0 Å². The van der Waals surface area contributed by atoms with Gasteiger partial charge in [0.05, 0.1) is 4.90 Å². The zero-order chi connectivity index (χ0) is 31.5. The van der Waals surface area contributed by atoms with Crippen molar-refractivity contribution in [2.75, 3.05) is 6.54 Å². The van der Waals surface area contributed by atoms with Crippen LogP contribution in [0.3, 0.4) is 0 Å². The summed E-state index contributed by atoms with van der Waals surface area (Å²) in [5.41, 5.74) is 3.20. The number of hydrogen-bond acceptors (Lipinski definition) is 4. The number of sulfonamides is 1. The zero-order valence-corrected chi connectivity index (χ0v) is 26.0. The highest BCUT2D eigenvalue weighted by Crippen LogP contribution is 2.19. The number of benzene rings is 4. The molecule has 0 fully saturated rings. The Morgan fingerprint density at radius 2 is 1.43 bits per heavy atom. The highest BCUT2D eigenvalue weighted by Gasteiger charge is 2.30. The standard InChI is InChI=1S/C34H35ClFN3O4S/c1-2-38-44(42,43)31-19-12-25(13-20-31)14-21-33(40)39(24-28-10-17-30(36)18-11-28)32(22-26-6-4-3-5-7-26)34(41)37-23-27-8-15-29(35)16-9-27/h3-13,15-20,32,38H,2,14,21-24H2,1H3,(H,37,41)/t32-/m1/s1. The van der Waals surface area contributed by atoms with Crippen molar-refractivity contribution in [3.63, 3.8) is 0 Å². The molecule has 0 unspecified atom stereocenters. The van der Waals surface area contributed by atoms with Crippen molar-refractivity contribution >= 4 is 33.4 Å². The highest BCUT2D eigenvalue weighted by atomic mass is 35.5. The summed E-state index contributed by atoms with van der Waals surface area (Å²) in [5, 5.41) is 3.56. The van der Waals surface area contributed by atoms with Gasteiger partial charge in [-0.2, -0.15) is 0 Å². The largest absolute Gasteiger partial charge is 0.350 e. The smallest absolute Gasteiger partial charge is 0.243 e. The Labute approximate surface area is 263 Å². The summed E-state index contributed by atoms with van der Waals surface area (Å²) in [7, 11) is -3.59. The van der Waals surface area contributed by atoms with E-state index in [9.17, 15) is 22.4 Å². The first-order chi connectivity index (χ1) is 21.1. The maximum absolute atomic E-state index is 13.9. The summed E-state index contributed by atoms with van der Waals surface area (Å²) in [6, 6.07) is 28.0. The van der Waals surface area contributed by atoms with E-state index in [1.807, 2.05) is 42.5 Å². The predicted molar refractivity (Wildman–Crippen MR) is 170 cm³/mol. The van der Waals surface area contributed by atoms with E-state index in [0.717, 1.165) is 16.7 Å². The van der Waals surface area contributed by atoms with Gasteiger partial charge in [-0.05, 0) is 65.1 Å². The molecule has 2 amide bonds. The minimum Gasteiger partial charge on any atom is -0.350 e. The van der Waals surface area contributed by atoms with Crippen LogP contribution in [0.1, 0.15) is 35.6 Å². The SMILES string of the molecule is CCNS(=O)(=O)c1ccc(CCC(=O)N(Cc2ccc(F)cc2)[C@H](Cc2ccccc2)C(=O)NCc2ccc(Cl)cc2)cc1. The molecule has 0 aliphatic heterocycles. The van der Waals surface area contributed by atoms with E-state index in [0.29, 0.717) is 17.0 Å². The summed E-state index contributed by atoms with van der Waals surface area (Å²) >= 11 is 6.01. The van der Waals surface area contributed by atoms with Crippen LogP contribution >= 0.6 is 11.6 Å². The third-order valence-electron chi connectivity index (χ3n) is 7.11. The number of carbonyl (C=O) groups is 2. The van der Waals surface area contributed by atoms with Gasteiger partial charge in [0.25, 0.3) is 0 Å². The molecular formula is C34H35ClFN3O4S. The third kappa shape index (κ3) is 9.47. The molecule has 230 valence electrons. The van der Waals surface area contributed by atoms with Gasteiger partial charge in [-0.15, -0.1) is 0 Å². The molecule has 0 aliphatic rings. The lowest BCUT2D eigenvalue weighted by Crippen LogP contribution is -2.50. The first-order valence-electron chi connectivity index (χ1n) is 14.3. The molecule has 4 rings (SSSR count). The fourth-order valence-corrected chi connectivity index (χ4v) is 5.92. The molecule has 0 heterocycles. The highest BCUT2D eigenvalue weighted by molar-refractivity contribution is 7.89. The minimum absolute atomic E-state index is 0.0796. The molecule has 10 heteroatoms. The Kier molecular flexibility index (Phi) is 11.7. The van der Waals surface area contributed by atoms with Gasteiger partial charge in [0, 0.05) is 37.5 Å². The maximum atomic E-state index is 13.9. The molecule has 0 bridgehead atoms. The summed E-state index contributed by atoms with van der Waals surface area (Å²) in [4.78, 5) is 29.4. The third-order valence-corrected chi connectivity index (χ3v) is 8.93. The molecule has 44 heavy (non-hydrogen) atoms. The van der Waals surface area contributed by atoms with Gasteiger partial charge < -0.3 is 10.2 Å². The van der Waals surface area contributed by atoms with Crippen molar-refractivity contribution in [1.29, 1.82) is 0 Å². The van der Waals surface area contributed by atoms with E-state index in [-0.39, 0.29) is 49.2 Å². The van der Waals surface area contributed by atoms with Gasteiger partial charge in [-0.25, -0.2) is 17.5 Å². The Balaban J connectivity index is 1.58. The molecule has 7 nitrogen and oxygen atoms in total. The monoisotopic (exact) mass is 635 g/mol. The van der Waals surface area contributed by atoms with Crippen LogP contribution in [0.2, 0.25) is 5.02 Å². The van der Waals surface area contributed by atoms with Gasteiger partial charge >= 0.3 is 0 Å². The average molecular weight is 636 g/mol. The number of carbonyl (C=O) groups excluding carboxylic acids is 2. The number of amides is 2. The molecule has 0 saturated carbocycles. The van der Waals surface area contributed by atoms with Crippen LogP contribution in [0.15, 0.2) is 108 Å². The second kappa shape index (κ2) is 15.6. The van der Waals surface area contributed by atoms with Crippen molar-refractivity contribution in [2.45, 2.75) is 50.2 Å². The summed E-state index contributed by atoms with van der Waals surface area (Å²) in [6.07, 6.45) is 0.693. The molecule has 4 aromatic rings. The van der Waals surface area contributed by atoms with E-state index in [1.54, 1.807) is 48.2 Å². The van der Waals surface area contributed by atoms with Crippen LogP contribution in [-0.2, 0) is 45.5 Å². The number of nitrogens with zero attached hydrogens (tertiary/aromatic N) is 1. The molecule has 0 aromatic heterocycles. The molecule has 2 N–H and O–H groups in total. The van der Waals surface area contributed by atoms with Crippen molar-refractivity contribution in [2.24, 2.45) is 0 Å². The normalized spacial score (nSPS) is 12.0. The Morgan fingerprint density at radius 3 is 2.07 bits per heavy atom. The summed E-state index contributed by atoms with van der Waals surface area (Å²) < 4.78 is 40.8. The maximum Gasteiger partial charge on any atom is 0.243 e. The van der Waals surface area contributed by atoms with Gasteiger partial charge in [0.15, 0.2) is 0 Å². The van der Waals surface area contributed by atoms with Crippen LogP contribution in [0.5, 0.6) is 0 Å². The van der Waals surface area contributed by atoms with E-state index in [1.165, 1.54) is 24.3 Å². The van der Waals surface area contributed by atoms with Crippen LogP contribution in [0.4, 0.5) is 4.39 Å². The first-order valence-corrected chi connectivity index (χ1v) is 16.2. The van der Waals surface area contributed by atoms with Crippen molar-refractivity contribution in [1.82, 2.24) is 14.9 Å².